The number of nitrogens with two attached hydrogens (primary N) is 1. The van der Waals surface area contributed by atoms with Crippen LogP contribution < -0.4 is 11.1 Å². The first-order chi connectivity index (χ1) is 6.86. The van der Waals surface area contributed by atoms with E-state index in [2.05, 4.69) is 10.5 Å². The quantitative estimate of drug-likeness (QED) is 0.771. The van der Waals surface area contributed by atoms with E-state index in [9.17, 15) is 4.79 Å². The second-order valence-electron chi connectivity index (χ2n) is 4.49. The van der Waals surface area contributed by atoms with Crippen LogP contribution in [0, 0.1) is 0 Å². The number of likely N-dealkylation sites (N-methyl/N-ethyl adjacent to an activating group) is 1. The van der Waals surface area contributed by atoms with Gasteiger partial charge >= 0.3 is 0 Å². The molecule has 5 heteroatoms. The molecule has 0 aliphatic carbocycles. The molecule has 0 saturated heterocycles. The molecule has 0 bridgehead atoms. The molecule has 1 rings (SSSR count). The smallest absolute Gasteiger partial charge is 0.240 e. The number of amides is 1. The third kappa shape index (κ3) is 2.56. The van der Waals surface area contributed by atoms with Crippen LogP contribution in [0.15, 0.2) is 10.6 Å². The molecule has 0 aromatic carbocycles. The van der Waals surface area contributed by atoms with Crippen LogP contribution in [-0.4, -0.2) is 18.1 Å². The maximum absolute atomic E-state index is 11.1. The van der Waals surface area contributed by atoms with E-state index in [-0.39, 0.29) is 5.41 Å². The standard InChI is InChI=1S/C10H17N3O2/c1-10(2,3)7-5-6(13-15-7)8(12-4)9(11)14/h5,8,12H,1-4H3,(H2,11,14). The summed E-state index contributed by atoms with van der Waals surface area (Å²) in [6.07, 6.45) is 0. The fourth-order valence-corrected chi connectivity index (χ4v) is 1.21. The van der Waals surface area contributed by atoms with Crippen molar-refractivity contribution in [3.05, 3.63) is 17.5 Å². The first-order valence-corrected chi connectivity index (χ1v) is 4.80. The van der Waals surface area contributed by atoms with Gasteiger partial charge in [-0.1, -0.05) is 25.9 Å². The van der Waals surface area contributed by atoms with Crippen molar-refractivity contribution in [2.75, 3.05) is 7.05 Å². The Kier molecular flexibility index (Phi) is 3.14. The van der Waals surface area contributed by atoms with Gasteiger partial charge in [-0.25, -0.2) is 0 Å². The van der Waals surface area contributed by atoms with Crippen molar-refractivity contribution < 1.29 is 9.32 Å². The number of aromatic nitrogens is 1. The van der Waals surface area contributed by atoms with Crippen LogP contribution >= 0.6 is 0 Å². The van der Waals surface area contributed by atoms with Gasteiger partial charge in [-0.3, -0.25) is 4.79 Å². The van der Waals surface area contributed by atoms with Gasteiger partial charge < -0.3 is 15.6 Å². The first kappa shape index (κ1) is 11.7. The fraction of sp³-hybridized carbons (Fsp3) is 0.600. The number of carbonyl (C=O) groups excluding carboxylic acids is 1. The molecular formula is C10H17N3O2. The monoisotopic (exact) mass is 211 g/mol. The number of nitrogens with one attached hydrogen (secondary N) is 1. The molecule has 0 fully saturated rings. The van der Waals surface area contributed by atoms with Crippen molar-refractivity contribution in [1.82, 2.24) is 10.5 Å². The van der Waals surface area contributed by atoms with Gasteiger partial charge in [0.05, 0.1) is 0 Å². The van der Waals surface area contributed by atoms with Crippen LogP contribution in [-0.2, 0) is 10.2 Å². The lowest BCUT2D eigenvalue weighted by Gasteiger charge is -2.12. The summed E-state index contributed by atoms with van der Waals surface area (Å²) in [5.41, 5.74) is 5.61. The van der Waals surface area contributed by atoms with Gasteiger partial charge in [0.1, 0.15) is 17.5 Å². The Morgan fingerprint density at radius 2 is 2.20 bits per heavy atom. The molecular weight excluding hydrogens is 194 g/mol. The van der Waals surface area contributed by atoms with Gasteiger partial charge in [-0.15, -0.1) is 0 Å². The zero-order valence-electron chi connectivity index (χ0n) is 9.50. The molecule has 1 aromatic heterocycles. The molecule has 1 unspecified atom stereocenters. The average molecular weight is 211 g/mol. The zero-order chi connectivity index (χ0) is 11.6. The lowest BCUT2D eigenvalue weighted by Crippen LogP contribution is -2.31. The lowest BCUT2D eigenvalue weighted by molar-refractivity contribution is -0.120. The third-order valence-corrected chi connectivity index (χ3v) is 2.14. The van der Waals surface area contributed by atoms with Crippen LogP contribution in [0.4, 0.5) is 0 Å². The Labute approximate surface area is 89.0 Å². The summed E-state index contributed by atoms with van der Waals surface area (Å²) in [4.78, 5) is 11.1. The topological polar surface area (TPSA) is 81.1 Å². The Morgan fingerprint density at radius 1 is 1.60 bits per heavy atom. The summed E-state index contributed by atoms with van der Waals surface area (Å²) in [6.45, 7) is 6.03. The van der Waals surface area contributed by atoms with E-state index in [1.54, 1.807) is 13.1 Å². The maximum atomic E-state index is 11.1. The second-order valence-corrected chi connectivity index (χ2v) is 4.49. The van der Waals surface area contributed by atoms with Gasteiger partial charge in [0.2, 0.25) is 5.91 Å². The molecule has 0 saturated carbocycles. The summed E-state index contributed by atoms with van der Waals surface area (Å²) >= 11 is 0. The highest BCUT2D eigenvalue weighted by Gasteiger charge is 2.24. The molecule has 3 N–H and O–H groups in total. The van der Waals surface area contributed by atoms with Crippen molar-refractivity contribution in [3.8, 4) is 0 Å². The molecule has 1 heterocycles. The zero-order valence-corrected chi connectivity index (χ0v) is 9.50. The molecule has 1 aromatic rings. The normalized spacial score (nSPS) is 13.9. The van der Waals surface area contributed by atoms with Crippen molar-refractivity contribution in [3.63, 3.8) is 0 Å². The third-order valence-electron chi connectivity index (χ3n) is 2.14. The van der Waals surface area contributed by atoms with Crippen LogP contribution in [0.5, 0.6) is 0 Å². The van der Waals surface area contributed by atoms with Gasteiger partial charge in [0, 0.05) is 11.5 Å². The Hall–Kier alpha value is -1.36. The van der Waals surface area contributed by atoms with E-state index in [0.717, 1.165) is 5.76 Å². The molecule has 5 nitrogen and oxygen atoms in total. The lowest BCUT2D eigenvalue weighted by atomic mass is 9.93. The first-order valence-electron chi connectivity index (χ1n) is 4.80. The van der Waals surface area contributed by atoms with Crippen LogP contribution in [0.1, 0.15) is 38.3 Å². The van der Waals surface area contributed by atoms with Crippen LogP contribution in [0.2, 0.25) is 0 Å². The van der Waals surface area contributed by atoms with Crippen LogP contribution in [0.3, 0.4) is 0 Å². The Balaban J connectivity index is 2.97. The van der Waals surface area contributed by atoms with Crippen molar-refractivity contribution in [2.24, 2.45) is 5.73 Å². The summed E-state index contributed by atoms with van der Waals surface area (Å²) in [6, 6.07) is 1.16. The minimum Gasteiger partial charge on any atom is -0.368 e. The number of carbonyl (C=O) groups is 1. The predicted octanol–water partition coefficient (Wildman–Crippen LogP) is 0.718. The number of rotatable bonds is 3. The van der Waals surface area contributed by atoms with Crippen molar-refractivity contribution >= 4 is 5.91 Å². The van der Waals surface area contributed by atoms with Crippen molar-refractivity contribution in [2.45, 2.75) is 32.2 Å². The highest BCUT2D eigenvalue weighted by Crippen LogP contribution is 2.24. The Bertz CT molecular complexity index is 352. The van der Waals surface area contributed by atoms with Gasteiger partial charge in [-0.05, 0) is 7.05 Å². The molecule has 1 amide bonds. The highest BCUT2D eigenvalue weighted by atomic mass is 16.5. The summed E-state index contributed by atoms with van der Waals surface area (Å²) in [7, 11) is 1.65. The fourth-order valence-electron chi connectivity index (χ4n) is 1.21. The van der Waals surface area contributed by atoms with E-state index in [4.69, 9.17) is 10.3 Å². The number of hydrogen-bond acceptors (Lipinski definition) is 4. The average Bonchev–Trinajstić information content (AvgIpc) is 2.52. The maximum Gasteiger partial charge on any atom is 0.240 e. The van der Waals surface area contributed by atoms with Crippen LogP contribution in [0.25, 0.3) is 0 Å². The molecule has 84 valence electrons. The van der Waals surface area contributed by atoms with Crippen molar-refractivity contribution in [1.29, 1.82) is 0 Å². The van der Waals surface area contributed by atoms with E-state index >= 15 is 0 Å². The molecule has 0 aliphatic heterocycles. The minimum absolute atomic E-state index is 0.124. The molecule has 0 spiro atoms. The highest BCUT2D eigenvalue weighted by molar-refractivity contribution is 5.80. The van der Waals surface area contributed by atoms with Gasteiger partial charge in [0.15, 0.2) is 0 Å². The van der Waals surface area contributed by atoms with Gasteiger partial charge in [-0.2, -0.15) is 0 Å². The molecule has 0 aliphatic rings. The number of nitrogens with zero attached hydrogens (tertiary/aromatic N) is 1. The van der Waals surface area contributed by atoms with E-state index in [1.165, 1.54) is 0 Å². The summed E-state index contributed by atoms with van der Waals surface area (Å²) in [5.74, 6) is 0.269. The molecule has 15 heavy (non-hydrogen) atoms. The van der Waals surface area contributed by atoms with E-state index < -0.39 is 11.9 Å². The largest absolute Gasteiger partial charge is 0.368 e. The minimum atomic E-state index is -0.593. The number of primary amides is 1. The summed E-state index contributed by atoms with van der Waals surface area (Å²) in [5, 5.41) is 6.62. The second kappa shape index (κ2) is 4.02. The molecule has 0 radical (unpaired) electrons. The Morgan fingerprint density at radius 3 is 2.53 bits per heavy atom. The number of hydrogen-bond donors (Lipinski definition) is 2. The van der Waals surface area contributed by atoms with Gasteiger partial charge in [0.25, 0.3) is 0 Å². The SMILES string of the molecule is CNC(C(N)=O)c1cc(C(C)(C)C)on1. The molecule has 1 atom stereocenters. The van der Waals surface area contributed by atoms with E-state index in [0.29, 0.717) is 5.69 Å². The predicted molar refractivity (Wildman–Crippen MR) is 56.2 cm³/mol. The summed E-state index contributed by atoms with van der Waals surface area (Å²) < 4.78 is 5.16. The van der Waals surface area contributed by atoms with E-state index in [1.807, 2.05) is 20.8 Å².